The minimum atomic E-state index is -0.122. The maximum Gasteiger partial charge on any atom is 0.228 e. The number of likely N-dealkylation sites (N-methyl/N-ethyl adjacent to an activating group) is 1. The Kier molecular flexibility index (Phi) is 9.46. The molecular weight excluding hydrogens is 488 g/mol. The molecule has 2 aromatic rings. The number of aliphatic imine (C=N–C) groups is 1. The van der Waals surface area contributed by atoms with Crippen molar-refractivity contribution in [1.82, 2.24) is 4.90 Å². The molecule has 3 aliphatic heterocycles. The number of anilines is 2. The number of carbonyl (C=O) groups excluding carboxylic acids is 1. The van der Waals surface area contributed by atoms with E-state index >= 15 is 0 Å². The molecule has 2 aromatic carbocycles. The lowest BCUT2D eigenvalue weighted by Gasteiger charge is -2.31. The van der Waals surface area contributed by atoms with Gasteiger partial charge in [0, 0.05) is 56.2 Å². The molecule has 1 amide bonds. The molecule has 5 rings (SSSR count). The van der Waals surface area contributed by atoms with Crippen molar-refractivity contribution < 1.29 is 14.6 Å². The number of ether oxygens (including phenoxy) is 1. The van der Waals surface area contributed by atoms with Gasteiger partial charge >= 0.3 is 0 Å². The Bertz CT molecular complexity index is 1230. The second-order valence-electron chi connectivity index (χ2n) is 10.6. The summed E-state index contributed by atoms with van der Waals surface area (Å²) in [7, 11) is 3.55. The zero-order valence-electron chi connectivity index (χ0n) is 23.9. The van der Waals surface area contributed by atoms with E-state index in [0.717, 1.165) is 66.6 Å². The van der Waals surface area contributed by atoms with E-state index in [1.807, 2.05) is 39.1 Å². The molecule has 0 saturated carbocycles. The van der Waals surface area contributed by atoms with Crippen LogP contribution in [0.1, 0.15) is 45.1 Å². The molecule has 0 radical (unpaired) electrons. The van der Waals surface area contributed by atoms with Gasteiger partial charge in [0.25, 0.3) is 0 Å². The van der Waals surface area contributed by atoms with Crippen molar-refractivity contribution in [2.75, 3.05) is 43.6 Å². The summed E-state index contributed by atoms with van der Waals surface area (Å²) in [4.78, 5) is 23.5. The molecule has 0 spiro atoms. The number of amides is 1. The summed E-state index contributed by atoms with van der Waals surface area (Å²) in [6.07, 6.45) is 7.36. The summed E-state index contributed by atoms with van der Waals surface area (Å²) in [6.45, 7) is 8.74. The molecule has 7 heteroatoms. The molecule has 2 fully saturated rings. The summed E-state index contributed by atoms with van der Waals surface area (Å²) in [6, 6.07) is 16.5. The van der Waals surface area contributed by atoms with Crippen LogP contribution in [-0.2, 0) is 4.79 Å². The molecule has 1 N–H and O–H groups in total. The Morgan fingerprint density at radius 2 is 1.72 bits per heavy atom. The van der Waals surface area contributed by atoms with Gasteiger partial charge in [-0.25, -0.2) is 4.99 Å². The molecule has 39 heavy (non-hydrogen) atoms. The number of aliphatic hydroxyl groups is 1. The smallest absolute Gasteiger partial charge is 0.228 e. The highest BCUT2D eigenvalue weighted by Crippen LogP contribution is 2.28. The summed E-state index contributed by atoms with van der Waals surface area (Å²) in [5.41, 5.74) is 5.33. The molecule has 0 aliphatic carbocycles. The van der Waals surface area contributed by atoms with Gasteiger partial charge < -0.3 is 24.5 Å². The molecule has 3 heterocycles. The zero-order valence-corrected chi connectivity index (χ0v) is 23.9. The van der Waals surface area contributed by atoms with E-state index in [1.54, 1.807) is 12.0 Å². The van der Waals surface area contributed by atoms with Crippen LogP contribution in [0.3, 0.4) is 0 Å². The van der Waals surface area contributed by atoms with Crippen LogP contribution in [0.25, 0.3) is 0 Å². The van der Waals surface area contributed by atoms with Gasteiger partial charge in [-0.1, -0.05) is 43.3 Å². The molecule has 0 aromatic heterocycles. The molecule has 0 bridgehead atoms. The number of hydrogen-bond donors (Lipinski definition) is 1. The molecule has 1 atom stereocenters. The van der Waals surface area contributed by atoms with Gasteiger partial charge in [0.2, 0.25) is 5.91 Å². The Labute approximate surface area is 233 Å². The third kappa shape index (κ3) is 7.09. The predicted octanol–water partition coefficient (Wildman–Crippen LogP) is 5.55. The number of allylic oxidation sites excluding steroid dienone is 3. The third-order valence-corrected chi connectivity index (χ3v) is 7.57. The number of aliphatic hydroxyl groups excluding tert-OH is 1. The Morgan fingerprint density at radius 3 is 2.41 bits per heavy atom. The highest BCUT2D eigenvalue weighted by Gasteiger charge is 2.29. The average Bonchev–Trinajstić information content (AvgIpc) is 3.04. The van der Waals surface area contributed by atoms with Gasteiger partial charge in [0.15, 0.2) is 5.84 Å². The molecule has 3 aliphatic rings. The van der Waals surface area contributed by atoms with E-state index in [9.17, 15) is 9.90 Å². The topological polar surface area (TPSA) is 68.6 Å². The fraction of sp³-hybridized carbons (Fsp3) is 0.438. The minimum Gasteiger partial charge on any atom is -0.496 e. The van der Waals surface area contributed by atoms with Crippen molar-refractivity contribution in [2.45, 2.75) is 52.6 Å². The first-order valence-corrected chi connectivity index (χ1v) is 13.9. The summed E-state index contributed by atoms with van der Waals surface area (Å²) >= 11 is 0. The van der Waals surface area contributed by atoms with Crippen molar-refractivity contribution >= 4 is 23.1 Å². The number of aryl methyl sites for hydroxylation is 1. The van der Waals surface area contributed by atoms with E-state index in [1.165, 1.54) is 5.69 Å². The SMILES string of the molecule is CC1=C/CC(C)\C=C2/C(=N/1)N(c1ccccc1)CCC(=O)N2C.COc1cc(N2CCC(O)CC2)ccc1C. The van der Waals surface area contributed by atoms with Crippen molar-refractivity contribution in [2.24, 2.45) is 10.9 Å². The van der Waals surface area contributed by atoms with Gasteiger partial charge in [-0.15, -0.1) is 0 Å². The van der Waals surface area contributed by atoms with Gasteiger partial charge in [-0.3, -0.25) is 4.79 Å². The molecule has 2 saturated heterocycles. The van der Waals surface area contributed by atoms with Crippen LogP contribution in [0.5, 0.6) is 5.75 Å². The van der Waals surface area contributed by atoms with Crippen LogP contribution in [0, 0.1) is 12.8 Å². The van der Waals surface area contributed by atoms with Crippen LogP contribution < -0.4 is 14.5 Å². The van der Waals surface area contributed by atoms with Crippen LogP contribution >= 0.6 is 0 Å². The standard InChI is InChI=1S/C19H23N3O.C13H19NO2/c1-14-9-10-15(2)20-19-17(13-14)21(3)18(23)11-12-22(19)16-7-5-4-6-8-16;1-10-3-4-11(9-13(10)16-2)14-7-5-12(15)6-8-14/h4-8,10,13-14H,9,11-12H2,1-3H3;3-4,9,12,15H,5-8H2,1-2H3/b15-10+,17-13+,20-19-;. The maximum absolute atomic E-state index is 12.4. The zero-order chi connectivity index (χ0) is 27.9. The Morgan fingerprint density at radius 1 is 1.00 bits per heavy atom. The molecular formula is C32H42N4O3. The van der Waals surface area contributed by atoms with Gasteiger partial charge in [-0.2, -0.15) is 0 Å². The van der Waals surface area contributed by atoms with Crippen molar-refractivity contribution in [3.63, 3.8) is 0 Å². The third-order valence-electron chi connectivity index (χ3n) is 7.57. The summed E-state index contributed by atoms with van der Waals surface area (Å²) in [5.74, 6) is 2.31. The van der Waals surface area contributed by atoms with Crippen LogP contribution in [0.2, 0.25) is 0 Å². The first-order chi connectivity index (χ1) is 18.8. The number of amidine groups is 1. The number of piperidine rings is 1. The number of methoxy groups -OCH3 is 1. The fourth-order valence-corrected chi connectivity index (χ4v) is 5.10. The minimum absolute atomic E-state index is 0.122. The van der Waals surface area contributed by atoms with E-state index in [4.69, 9.17) is 9.73 Å². The van der Waals surface area contributed by atoms with Gasteiger partial charge in [-0.05, 0) is 62.8 Å². The molecule has 7 nitrogen and oxygen atoms in total. The maximum atomic E-state index is 12.4. The van der Waals surface area contributed by atoms with Crippen molar-refractivity contribution in [3.05, 3.63) is 77.6 Å². The van der Waals surface area contributed by atoms with E-state index in [2.05, 4.69) is 59.2 Å². The first-order valence-electron chi connectivity index (χ1n) is 13.9. The number of nitrogens with zero attached hydrogens (tertiary/aromatic N) is 4. The highest BCUT2D eigenvalue weighted by atomic mass is 16.5. The molecule has 208 valence electrons. The van der Waals surface area contributed by atoms with E-state index < -0.39 is 0 Å². The summed E-state index contributed by atoms with van der Waals surface area (Å²) < 4.78 is 5.32. The van der Waals surface area contributed by atoms with Crippen LogP contribution in [-0.4, -0.2) is 61.6 Å². The monoisotopic (exact) mass is 530 g/mol. The predicted molar refractivity (Wildman–Crippen MR) is 159 cm³/mol. The van der Waals surface area contributed by atoms with E-state index in [-0.39, 0.29) is 12.0 Å². The Hall–Kier alpha value is -3.58. The fourth-order valence-electron chi connectivity index (χ4n) is 5.10. The lowest BCUT2D eigenvalue weighted by Crippen LogP contribution is -2.35. The van der Waals surface area contributed by atoms with Crippen LogP contribution in [0.4, 0.5) is 11.4 Å². The van der Waals surface area contributed by atoms with Crippen LogP contribution in [0.15, 0.2) is 77.1 Å². The van der Waals surface area contributed by atoms with Gasteiger partial charge in [0.05, 0.1) is 18.9 Å². The largest absolute Gasteiger partial charge is 0.496 e. The van der Waals surface area contributed by atoms with Gasteiger partial charge in [0.1, 0.15) is 5.75 Å². The quantitative estimate of drug-likeness (QED) is 0.564. The Balaban J connectivity index is 0.000000193. The second kappa shape index (κ2) is 13.0. The van der Waals surface area contributed by atoms with Crippen molar-refractivity contribution in [1.29, 1.82) is 0 Å². The number of para-hydroxylation sites is 1. The second-order valence-corrected chi connectivity index (χ2v) is 10.6. The lowest BCUT2D eigenvalue weighted by atomic mass is 10.0. The highest BCUT2D eigenvalue weighted by molar-refractivity contribution is 6.13. The number of rotatable bonds is 3. The molecule has 1 unspecified atom stereocenters. The number of benzene rings is 2. The summed E-state index contributed by atoms with van der Waals surface area (Å²) in [5, 5.41) is 9.47. The average molecular weight is 531 g/mol. The number of carbonyl (C=O) groups is 1. The normalized spacial score (nSPS) is 24.4. The number of fused-ring (bicyclic) bond motifs is 1. The number of hydrogen-bond acceptors (Lipinski definition) is 6. The van der Waals surface area contributed by atoms with Crippen molar-refractivity contribution in [3.8, 4) is 5.75 Å². The van der Waals surface area contributed by atoms with E-state index in [0.29, 0.717) is 18.9 Å². The first kappa shape index (κ1) is 28.4. The lowest BCUT2D eigenvalue weighted by molar-refractivity contribution is -0.127.